The van der Waals surface area contributed by atoms with Crippen LogP contribution in [0.3, 0.4) is 0 Å². The SMILES string of the molecule is NC(=O)N=S(=O)=O.O=S(=O)(c1ccccc1)c1ccccc1. The Labute approximate surface area is 129 Å². The first kappa shape index (κ1) is 17.5. The van der Waals surface area contributed by atoms with Gasteiger partial charge in [-0.25, -0.2) is 13.2 Å². The zero-order chi connectivity index (χ0) is 16.6. The third-order valence-electron chi connectivity index (χ3n) is 2.27. The molecular weight excluding hydrogens is 328 g/mol. The first-order valence-electron chi connectivity index (χ1n) is 5.80. The number of hydrogen-bond acceptors (Lipinski definition) is 5. The van der Waals surface area contributed by atoms with Gasteiger partial charge >= 0.3 is 16.5 Å². The summed E-state index contributed by atoms with van der Waals surface area (Å²) in [6, 6.07) is 15.7. The fourth-order valence-corrected chi connectivity index (χ4v) is 2.86. The van der Waals surface area contributed by atoms with E-state index < -0.39 is 26.4 Å². The van der Waals surface area contributed by atoms with Crippen LogP contribution in [0, 0.1) is 0 Å². The molecule has 22 heavy (non-hydrogen) atoms. The molecule has 0 bridgehead atoms. The number of urea groups is 1. The lowest BCUT2D eigenvalue weighted by Gasteiger charge is -2.03. The molecular formula is C13H12N2O5S2. The summed E-state index contributed by atoms with van der Waals surface area (Å²) in [6.07, 6.45) is 0. The van der Waals surface area contributed by atoms with Crippen LogP contribution in [0.5, 0.6) is 0 Å². The number of nitrogens with two attached hydrogens (primary N) is 1. The van der Waals surface area contributed by atoms with Crippen LogP contribution in [0.2, 0.25) is 0 Å². The minimum Gasteiger partial charge on any atom is -0.349 e. The molecule has 0 aliphatic carbocycles. The summed E-state index contributed by atoms with van der Waals surface area (Å²) in [5.74, 6) is 0. The number of carbonyl (C=O) groups excluding carboxylic acids is 1. The molecule has 116 valence electrons. The van der Waals surface area contributed by atoms with Crippen LogP contribution in [-0.2, 0) is 20.3 Å². The molecule has 2 aromatic rings. The second-order valence-electron chi connectivity index (χ2n) is 3.78. The lowest BCUT2D eigenvalue weighted by molar-refractivity contribution is 0.257. The van der Waals surface area contributed by atoms with E-state index in [0.717, 1.165) is 0 Å². The van der Waals surface area contributed by atoms with Crippen LogP contribution < -0.4 is 5.73 Å². The van der Waals surface area contributed by atoms with Crippen molar-refractivity contribution in [3.8, 4) is 0 Å². The highest BCUT2D eigenvalue weighted by atomic mass is 32.2. The molecule has 0 aliphatic heterocycles. The Morgan fingerprint density at radius 2 is 1.23 bits per heavy atom. The molecule has 0 aromatic heterocycles. The largest absolute Gasteiger partial charge is 0.353 e. The van der Waals surface area contributed by atoms with Gasteiger partial charge < -0.3 is 5.73 Å². The van der Waals surface area contributed by atoms with Gasteiger partial charge in [0.15, 0.2) is 0 Å². The summed E-state index contributed by atoms with van der Waals surface area (Å²) in [6.45, 7) is 0. The van der Waals surface area contributed by atoms with Crippen LogP contribution in [0.4, 0.5) is 4.79 Å². The van der Waals surface area contributed by atoms with Crippen molar-refractivity contribution >= 4 is 26.4 Å². The van der Waals surface area contributed by atoms with E-state index >= 15 is 0 Å². The van der Waals surface area contributed by atoms with Gasteiger partial charge in [-0.2, -0.15) is 8.42 Å². The first-order valence-corrected chi connectivity index (χ1v) is 8.31. The third-order valence-corrected chi connectivity index (χ3v) is 4.39. The lowest BCUT2D eigenvalue weighted by atomic mass is 10.4. The van der Waals surface area contributed by atoms with Crippen molar-refractivity contribution in [1.82, 2.24) is 0 Å². The summed E-state index contributed by atoms with van der Waals surface area (Å²) in [7, 11) is -6.03. The van der Waals surface area contributed by atoms with Crippen molar-refractivity contribution in [1.29, 1.82) is 0 Å². The summed E-state index contributed by atoms with van der Waals surface area (Å²) in [5.41, 5.74) is 4.29. The molecule has 0 radical (unpaired) electrons. The normalized spacial score (nSPS) is 10.0. The predicted molar refractivity (Wildman–Crippen MR) is 79.3 cm³/mol. The van der Waals surface area contributed by atoms with Gasteiger partial charge in [-0.3, -0.25) is 0 Å². The van der Waals surface area contributed by atoms with E-state index in [2.05, 4.69) is 10.1 Å². The Bertz CT molecular complexity index is 808. The Hall–Kier alpha value is -2.52. The van der Waals surface area contributed by atoms with Crippen molar-refractivity contribution in [2.45, 2.75) is 9.79 Å². The van der Waals surface area contributed by atoms with Gasteiger partial charge in [0.25, 0.3) is 0 Å². The van der Waals surface area contributed by atoms with E-state index in [1.54, 1.807) is 60.7 Å². The minimum atomic E-state index is -3.34. The molecule has 0 aliphatic rings. The topological polar surface area (TPSA) is 124 Å². The summed E-state index contributed by atoms with van der Waals surface area (Å²) >= 11 is 0. The van der Waals surface area contributed by atoms with E-state index in [0.29, 0.717) is 9.79 Å². The van der Waals surface area contributed by atoms with E-state index in [1.165, 1.54) is 0 Å². The molecule has 0 saturated heterocycles. The monoisotopic (exact) mass is 340 g/mol. The smallest absolute Gasteiger partial charge is 0.349 e. The predicted octanol–water partition coefficient (Wildman–Crippen LogP) is 1.65. The third kappa shape index (κ3) is 5.46. The maximum Gasteiger partial charge on any atom is 0.353 e. The van der Waals surface area contributed by atoms with E-state index in [9.17, 15) is 21.6 Å². The van der Waals surface area contributed by atoms with E-state index in [1.807, 2.05) is 0 Å². The van der Waals surface area contributed by atoms with Gasteiger partial charge in [0.2, 0.25) is 9.84 Å². The molecule has 0 atom stereocenters. The standard InChI is InChI=1S/C12H10O2S.CH2N2O3S/c13-15(14,11-7-3-1-4-8-11)12-9-5-2-6-10-12;2-1(4)3-7(5)6/h1-10H;(H2,2,4). The first-order chi connectivity index (χ1) is 10.3. The van der Waals surface area contributed by atoms with Gasteiger partial charge in [0.05, 0.1) is 9.79 Å². The molecule has 0 heterocycles. The van der Waals surface area contributed by atoms with Crippen LogP contribution in [0.25, 0.3) is 0 Å². The highest BCUT2D eigenvalue weighted by molar-refractivity contribution is 7.91. The average molecular weight is 340 g/mol. The van der Waals surface area contributed by atoms with Gasteiger partial charge in [0, 0.05) is 0 Å². The quantitative estimate of drug-likeness (QED) is 0.890. The number of amides is 2. The zero-order valence-electron chi connectivity index (χ0n) is 11.2. The highest BCUT2D eigenvalue weighted by Gasteiger charge is 2.15. The molecule has 2 aromatic carbocycles. The summed E-state index contributed by atoms with van der Waals surface area (Å²) in [4.78, 5) is 10.1. The summed E-state index contributed by atoms with van der Waals surface area (Å²) < 4.78 is 45.1. The molecule has 2 rings (SSSR count). The van der Waals surface area contributed by atoms with Gasteiger partial charge in [0.1, 0.15) is 0 Å². The minimum absolute atomic E-state index is 0.330. The molecule has 0 fully saturated rings. The van der Waals surface area contributed by atoms with Crippen molar-refractivity contribution in [3.05, 3.63) is 60.7 Å². The fourth-order valence-electron chi connectivity index (χ4n) is 1.41. The van der Waals surface area contributed by atoms with Gasteiger partial charge in [-0.1, -0.05) is 40.8 Å². The number of nitrogens with zero attached hydrogens (tertiary/aromatic N) is 1. The van der Waals surface area contributed by atoms with E-state index in [4.69, 9.17) is 0 Å². The molecule has 2 amide bonds. The Morgan fingerprint density at radius 1 is 0.864 bits per heavy atom. The molecule has 0 saturated carbocycles. The number of hydrogen-bond donors (Lipinski definition) is 1. The average Bonchev–Trinajstić information content (AvgIpc) is 2.48. The van der Waals surface area contributed by atoms with Gasteiger partial charge in [-0.05, 0) is 24.3 Å². The number of benzene rings is 2. The van der Waals surface area contributed by atoms with Gasteiger partial charge in [-0.15, -0.1) is 0 Å². The van der Waals surface area contributed by atoms with Crippen LogP contribution >= 0.6 is 0 Å². The van der Waals surface area contributed by atoms with Crippen LogP contribution in [0.15, 0.2) is 74.8 Å². The number of rotatable bonds is 2. The second kappa shape index (κ2) is 8.05. The van der Waals surface area contributed by atoms with Crippen molar-refractivity contribution < 1.29 is 21.6 Å². The molecule has 0 unspecified atom stereocenters. The van der Waals surface area contributed by atoms with Crippen LogP contribution in [-0.4, -0.2) is 22.9 Å². The Kier molecular flexibility index (Phi) is 6.42. The Balaban J connectivity index is 0.000000295. The zero-order valence-corrected chi connectivity index (χ0v) is 12.8. The lowest BCUT2D eigenvalue weighted by Crippen LogP contribution is -2.02. The molecule has 7 nitrogen and oxygen atoms in total. The van der Waals surface area contributed by atoms with Crippen molar-refractivity contribution in [2.75, 3.05) is 0 Å². The van der Waals surface area contributed by atoms with E-state index in [-0.39, 0.29) is 0 Å². The number of primary amides is 1. The maximum absolute atomic E-state index is 12.0. The second-order valence-corrected chi connectivity index (χ2v) is 6.34. The van der Waals surface area contributed by atoms with Crippen molar-refractivity contribution in [2.24, 2.45) is 10.1 Å². The molecule has 0 spiro atoms. The molecule has 9 heteroatoms. The van der Waals surface area contributed by atoms with Crippen LogP contribution in [0.1, 0.15) is 0 Å². The molecule has 2 N–H and O–H groups in total. The van der Waals surface area contributed by atoms with Crippen molar-refractivity contribution in [3.63, 3.8) is 0 Å². The fraction of sp³-hybridized carbons (Fsp3) is 0. The number of sulfone groups is 1. The maximum atomic E-state index is 12.0. The highest BCUT2D eigenvalue weighted by Crippen LogP contribution is 2.19. The number of carbonyl (C=O) groups is 1. The summed E-state index contributed by atoms with van der Waals surface area (Å²) in [5, 5.41) is 0. The Morgan fingerprint density at radius 3 is 1.45 bits per heavy atom.